The molecule has 2 aliphatic rings. The molecule has 1 N–H and O–H groups in total. The maximum atomic E-state index is 13.1. The maximum Gasteiger partial charge on any atom is 0.187 e. The smallest absolute Gasteiger partial charge is 0.187 e. The Morgan fingerprint density at radius 3 is 1.71 bits per heavy atom. The van der Waals surface area contributed by atoms with Crippen molar-refractivity contribution in [2.24, 2.45) is 10.8 Å². The van der Waals surface area contributed by atoms with Gasteiger partial charge in [0.1, 0.15) is 22.8 Å². The zero-order valence-electron chi connectivity index (χ0n) is 25.6. The molecular formula is C34H42O8. The van der Waals surface area contributed by atoms with Crippen LogP contribution in [0, 0.1) is 10.8 Å². The predicted molar refractivity (Wildman–Crippen MR) is 158 cm³/mol. The lowest BCUT2D eigenvalue weighted by atomic mass is 9.78. The highest BCUT2D eigenvalue weighted by molar-refractivity contribution is 5.60. The fourth-order valence-electron chi connectivity index (χ4n) is 5.44. The van der Waals surface area contributed by atoms with Crippen LogP contribution in [0.3, 0.4) is 0 Å². The first-order valence-corrected chi connectivity index (χ1v) is 14.2. The van der Waals surface area contributed by atoms with Crippen molar-refractivity contribution in [3.8, 4) is 17.2 Å². The molecule has 226 valence electrons. The van der Waals surface area contributed by atoms with Gasteiger partial charge in [-0.3, -0.25) is 0 Å². The molecule has 42 heavy (non-hydrogen) atoms. The van der Waals surface area contributed by atoms with E-state index in [0.717, 1.165) is 5.56 Å². The van der Waals surface area contributed by atoms with Crippen LogP contribution in [0.1, 0.15) is 68.1 Å². The molecule has 0 radical (unpaired) electrons. The Kier molecular flexibility index (Phi) is 8.56. The molecule has 8 heteroatoms. The summed E-state index contributed by atoms with van der Waals surface area (Å²) in [5.41, 5.74) is 1.10. The zero-order chi connectivity index (χ0) is 30.1. The van der Waals surface area contributed by atoms with Crippen molar-refractivity contribution in [2.75, 3.05) is 47.8 Å². The quantitative estimate of drug-likeness (QED) is 0.319. The van der Waals surface area contributed by atoms with E-state index < -0.39 is 18.2 Å². The minimum Gasteiger partial charge on any atom is -0.496 e. The summed E-state index contributed by atoms with van der Waals surface area (Å²) in [4.78, 5) is 0. The van der Waals surface area contributed by atoms with Crippen molar-refractivity contribution >= 4 is 0 Å². The van der Waals surface area contributed by atoms with Crippen LogP contribution in [0.4, 0.5) is 0 Å². The molecule has 0 aromatic heterocycles. The van der Waals surface area contributed by atoms with Gasteiger partial charge in [0.25, 0.3) is 0 Å². The normalized spacial score (nSPS) is 20.5. The topological polar surface area (TPSA) is 84.8 Å². The lowest BCUT2D eigenvalue weighted by molar-refractivity contribution is -0.226. The lowest BCUT2D eigenvalue weighted by Gasteiger charge is -2.37. The fraction of sp³-hybridized carbons (Fsp3) is 0.471. The third kappa shape index (κ3) is 5.87. The number of hydrogen-bond acceptors (Lipinski definition) is 8. The molecule has 3 aromatic rings. The monoisotopic (exact) mass is 578 g/mol. The second-order valence-corrected chi connectivity index (χ2v) is 12.6. The lowest BCUT2D eigenvalue weighted by Crippen LogP contribution is -2.35. The second-order valence-electron chi connectivity index (χ2n) is 12.6. The summed E-state index contributed by atoms with van der Waals surface area (Å²) in [5, 5.41) is 13.1. The number of benzene rings is 3. The van der Waals surface area contributed by atoms with E-state index in [1.165, 1.54) is 0 Å². The summed E-state index contributed by atoms with van der Waals surface area (Å²) in [5.74, 6) is 1.45. The van der Waals surface area contributed by atoms with E-state index in [4.69, 9.17) is 33.2 Å². The highest BCUT2D eigenvalue weighted by Gasteiger charge is 2.42. The molecule has 0 saturated carbocycles. The molecule has 8 nitrogen and oxygen atoms in total. The summed E-state index contributed by atoms with van der Waals surface area (Å²) >= 11 is 0. The fourth-order valence-corrected chi connectivity index (χ4v) is 5.44. The van der Waals surface area contributed by atoms with Crippen molar-refractivity contribution in [2.45, 2.75) is 45.9 Å². The summed E-state index contributed by atoms with van der Waals surface area (Å²) in [6.45, 7) is 10.5. The highest BCUT2D eigenvalue weighted by atomic mass is 16.7. The first-order valence-electron chi connectivity index (χ1n) is 14.2. The largest absolute Gasteiger partial charge is 0.496 e. The second kappa shape index (κ2) is 11.9. The third-order valence-electron chi connectivity index (χ3n) is 7.77. The summed E-state index contributed by atoms with van der Waals surface area (Å²) < 4.78 is 42.0. The van der Waals surface area contributed by atoms with E-state index >= 15 is 0 Å². The van der Waals surface area contributed by atoms with Crippen molar-refractivity contribution < 1.29 is 38.3 Å². The van der Waals surface area contributed by atoms with Crippen LogP contribution >= 0.6 is 0 Å². The zero-order valence-corrected chi connectivity index (χ0v) is 25.6. The van der Waals surface area contributed by atoms with Crippen LogP contribution in [-0.2, 0) is 24.5 Å². The van der Waals surface area contributed by atoms with Gasteiger partial charge in [-0.2, -0.15) is 0 Å². The minimum atomic E-state index is -1.73. The number of hydrogen-bond donors (Lipinski definition) is 1. The Morgan fingerprint density at radius 2 is 1.17 bits per heavy atom. The Bertz CT molecular complexity index is 1370. The minimum absolute atomic E-state index is 0.0814. The number of rotatable bonds is 8. The van der Waals surface area contributed by atoms with Gasteiger partial charge >= 0.3 is 0 Å². The molecule has 0 spiro atoms. The van der Waals surface area contributed by atoms with Crippen molar-refractivity contribution in [1.82, 2.24) is 0 Å². The van der Waals surface area contributed by atoms with Gasteiger partial charge in [-0.05, 0) is 23.8 Å². The molecule has 2 saturated heterocycles. The van der Waals surface area contributed by atoms with Gasteiger partial charge in [-0.15, -0.1) is 0 Å². The molecule has 2 fully saturated rings. The number of methoxy groups -OCH3 is 3. The summed E-state index contributed by atoms with van der Waals surface area (Å²) in [6.07, 6.45) is -1.26. The van der Waals surface area contributed by atoms with Gasteiger partial charge in [-0.25, -0.2) is 0 Å². The molecular weight excluding hydrogens is 536 g/mol. The molecule has 3 aromatic carbocycles. The number of aliphatic hydroxyl groups is 1. The molecule has 2 heterocycles. The molecule has 5 rings (SSSR count). The standard InChI is InChI=1S/C34H42O8/c1-32(2)18-39-30(40-19-32)22-13-14-27(36-5)25(15-22)34(35,23-11-9-8-10-12-23)26-16-24(28(37-6)17-29(26)38-7)31-41-20-33(3,4)21-42-31/h8-17,30-31,35H,18-21H2,1-7H3. The average molecular weight is 579 g/mol. The van der Waals surface area contributed by atoms with E-state index in [2.05, 4.69) is 27.7 Å². The maximum absolute atomic E-state index is 13.1. The molecule has 0 aliphatic carbocycles. The van der Waals surface area contributed by atoms with Gasteiger partial charge in [0.05, 0.1) is 53.3 Å². The van der Waals surface area contributed by atoms with Gasteiger partial charge in [0.15, 0.2) is 12.6 Å². The van der Waals surface area contributed by atoms with Crippen LogP contribution < -0.4 is 14.2 Å². The Labute approximate surface area is 248 Å². The van der Waals surface area contributed by atoms with Gasteiger partial charge in [0.2, 0.25) is 0 Å². The van der Waals surface area contributed by atoms with E-state index in [-0.39, 0.29) is 10.8 Å². The van der Waals surface area contributed by atoms with Crippen LogP contribution in [0.15, 0.2) is 60.7 Å². The summed E-state index contributed by atoms with van der Waals surface area (Å²) in [6, 6.07) is 18.7. The van der Waals surface area contributed by atoms with Gasteiger partial charge in [-0.1, -0.05) is 64.1 Å². The van der Waals surface area contributed by atoms with E-state index in [9.17, 15) is 5.11 Å². The average Bonchev–Trinajstić information content (AvgIpc) is 3.00. The Morgan fingerprint density at radius 1 is 0.643 bits per heavy atom. The van der Waals surface area contributed by atoms with Crippen LogP contribution in [0.25, 0.3) is 0 Å². The third-order valence-corrected chi connectivity index (χ3v) is 7.77. The van der Waals surface area contributed by atoms with E-state index in [1.807, 2.05) is 54.6 Å². The van der Waals surface area contributed by atoms with Gasteiger partial charge in [0, 0.05) is 33.6 Å². The Hall–Kier alpha value is -3.14. The van der Waals surface area contributed by atoms with Crippen molar-refractivity contribution in [3.63, 3.8) is 0 Å². The van der Waals surface area contributed by atoms with Crippen LogP contribution in [-0.4, -0.2) is 52.9 Å². The van der Waals surface area contributed by atoms with Gasteiger partial charge < -0.3 is 38.3 Å². The summed E-state index contributed by atoms with van der Waals surface area (Å²) in [7, 11) is 4.74. The van der Waals surface area contributed by atoms with Crippen LogP contribution in [0.5, 0.6) is 17.2 Å². The SMILES string of the molecule is COc1cc(OC)c(C(O)(c2ccccc2)c2cc(C3OCC(C)(C)CO3)ccc2OC)cc1C1OCC(C)(C)CO1. The van der Waals surface area contributed by atoms with E-state index in [1.54, 1.807) is 27.4 Å². The molecule has 2 aliphatic heterocycles. The molecule has 1 atom stereocenters. The van der Waals surface area contributed by atoms with Crippen molar-refractivity contribution in [3.05, 3.63) is 88.5 Å². The Balaban J connectivity index is 1.70. The molecule has 1 unspecified atom stereocenters. The first-order chi connectivity index (χ1) is 20.0. The van der Waals surface area contributed by atoms with Crippen molar-refractivity contribution in [1.29, 1.82) is 0 Å². The molecule has 0 amide bonds. The van der Waals surface area contributed by atoms with Crippen LogP contribution in [0.2, 0.25) is 0 Å². The van der Waals surface area contributed by atoms with E-state index in [0.29, 0.717) is 65.9 Å². The first kappa shape index (κ1) is 30.3. The highest BCUT2D eigenvalue weighted by Crippen LogP contribution is 2.49. The molecule has 0 bridgehead atoms. The predicted octanol–water partition coefficient (Wildman–Crippen LogP) is 6.14. The number of ether oxygens (including phenoxy) is 7.